The normalized spacial score (nSPS) is 13.5. The Morgan fingerprint density at radius 2 is 2.16 bits per heavy atom. The van der Waals surface area contributed by atoms with Gasteiger partial charge in [-0.1, -0.05) is 6.07 Å². The van der Waals surface area contributed by atoms with Gasteiger partial charge in [0, 0.05) is 30.6 Å². The largest absolute Gasteiger partial charge is 0.383 e. The number of nitrogens with one attached hydrogen (secondary N) is 2. The first-order chi connectivity index (χ1) is 15.4. The first-order valence-corrected chi connectivity index (χ1v) is 10.6. The first-order valence-electron chi connectivity index (χ1n) is 10.6. The van der Waals surface area contributed by atoms with Gasteiger partial charge in [-0.25, -0.2) is 4.98 Å². The zero-order valence-electron chi connectivity index (χ0n) is 18.5. The van der Waals surface area contributed by atoms with Crippen LogP contribution >= 0.6 is 0 Å². The van der Waals surface area contributed by atoms with Crippen molar-refractivity contribution in [1.29, 1.82) is 10.8 Å². The molecule has 1 aliphatic heterocycles. The van der Waals surface area contributed by atoms with Crippen LogP contribution in [0, 0.1) is 10.8 Å². The molecule has 0 saturated heterocycles. The van der Waals surface area contributed by atoms with Crippen molar-refractivity contribution < 1.29 is 9.53 Å². The number of rotatable bonds is 7. The van der Waals surface area contributed by atoms with Crippen LogP contribution in [0.3, 0.4) is 0 Å². The van der Waals surface area contributed by atoms with Crippen LogP contribution in [-0.2, 0) is 17.7 Å². The fraction of sp³-hybridized carbons (Fsp3) is 0.348. The van der Waals surface area contributed by atoms with E-state index in [1.165, 1.54) is 4.90 Å². The van der Waals surface area contributed by atoms with Gasteiger partial charge in [-0.3, -0.25) is 25.2 Å². The summed E-state index contributed by atoms with van der Waals surface area (Å²) in [6.45, 7) is 5.48. The highest BCUT2D eigenvalue weighted by atomic mass is 16.5. The highest BCUT2D eigenvalue weighted by Crippen LogP contribution is 2.28. The molecule has 9 heteroatoms. The van der Waals surface area contributed by atoms with Crippen LogP contribution in [0.1, 0.15) is 35.5 Å². The minimum absolute atomic E-state index is 0.0423. The van der Waals surface area contributed by atoms with Crippen LogP contribution in [0.25, 0.3) is 10.9 Å². The Morgan fingerprint density at radius 3 is 2.88 bits per heavy atom. The Labute approximate surface area is 186 Å². The van der Waals surface area contributed by atoms with Crippen molar-refractivity contribution in [2.24, 2.45) is 0 Å². The lowest BCUT2D eigenvalue weighted by Crippen LogP contribution is -2.39. The van der Waals surface area contributed by atoms with E-state index in [1.807, 2.05) is 36.9 Å². The number of methoxy groups -OCH3 is 1. The smallest absolute Gasteiger partial charge is 0.259 e. The number of nitrogens with zero attached hydrogens (tertiary/aromatic N) is 5. The van der Waals surface area contributed by atoms with Crippen LogP contribution in [0.4, 0.5) is 5.82 Å². The quantitative estimate of drug-likeness (QED) is 0.440. The summed E-state index contributed by atoms with van der Waals surface area (Å²) < 4.78 is 7.01. The lowest BCUT2D eigenvalue weighted by atomic mass is 9.97. The van der Waals surface area contributed by atoms with E-state index in [9.17, 15) is 4.79 Å². The molecule has 166 valence electrons. The van der Waals surface area contributed by atoms with E-state index >= 15 is 0 Å². The molecule has 4 rings (SSSR count). The van der Waals surface area contributed by atoms with Gasteiger partial charge in [0.15, 0.2) is 5.84 Å². The summed E-state index contributed by atoms with van der Waals surface area (Å²) in [5.74, 6) is 0.520. The predicted octanol–water partition coefficient (Wildman–Crippen LogP) is 2.92. The summed E-state index contributed by atoms with van der Waals surface area (Å²) in [6.07, 6.45) is 3.66. The average molecular weight is 434 g/mol. The Bertz CT molecular complexity index is 1180. The molecule has 0 aliphatic carbocycles. The van der Waals surface area contributed by atoms with Gasteiger partial charge in [0.1, 0.15) is 11.5 Å². The number of pyridine rings is 1. The monoisotopic (exact) mass is 433 g/mol. The number of amides is 1. The van der Waals surface area contributed by atoms with Crippen molar-refractivity contribution in [3.05, 3.63) is 53.3 Å². The Balaban J connectivity index is 1.66. The van der Waals surface area contributed by atoms with E-state index in [-0.39, 0.29) is 17.8 Å². The van der Waals surface area contributed by atoms with Crippen LogP contribution in [0.2, 0.25) is 0 Å². The number of amidine groups is 1. The minimum atomic E-state index is -0.114. The molecule has 32 heavy (non-hydrogen) atoms. The highest BCUT2D eigenvalue weighted by molar-refractivity contribution is 6.10. The third kappa shape index (κ3) is 3.87. The second-order valence-corrected chi connectivity index (χ2v) is 8.00. The standard InChI is InChI=1S/C23H27N7O2/c1-15(2)29(14-24)22(25)19-5-4-6-21(27-19)28-8-7-16-11-17-13-26-30(9-10-32-3)20(17)12-18(16)23(28)31/h4-6,11-15,24-25H,7-10H2,1-3H3. The third-order valence-corrected chi connectivity index (χ3v) is 5.66. The number of anilines is 1. The molecule has 0 saturated carbocycles. The van der Waals surface area contributed by atoms with Gasteiger partial charge >= 0.3 is 0 Å². The Morgan fingerprint density at radius 1 is 1.34 bits per heavy atom. The van der Waals surface area contributed by atoms with Crippen LogP contribution in [0.5, 0.6) is 0 Å². The highest BCUT2D eigenvalue weighted by Gasteiger charge is 2.28. The van der Waals surface area contributed by atoms with Crippen LogP contribution < -0.4 is 4.90 Å². The number of aromatic nitrogens is 3. The summed E-state index contributed by atoms with van der Waals surface area (Å²) >= 11 is 0. The molecular formula is C23H27N7O2. The molecule has 0 atom stereocenters. The van der Waals surface area contributed by atoms with Gasteiger partial charge in [-0.15, -0.1) is 0 Å². The number of carbonyl (C=O) groups is 1. The van der Waals surface area contributed by atoms with Gasteiger partial charge in [0.2, 0.25) is 0 Å². The van der Waals surface area contributed by atoms with Gasteiger partial charge in [0.05, 0.1) is 31.2 Å². The van der Waals surface area contributed by atoms with E-state index in [0.29, 0.717) is 43.2 Å². The molecule has 0 radical (unpaired) electrons. The molecule has 1 amide bonds. The molecule has 0 bridgehead atoms. The molecule has 0 spiro atoms. The number of hydrogen-bond donors (Lipinski definition) is 2. The van der Waals surface area contributed by atoms with E-state index in [0.717, 1.165) is 22.8 Å². The molecule has 9 nitrogen and oxygen atoms in total. The molecule has 0 unspecified atom stereocenters. The maximum atomic E-state index is 13.4. The fourth-order valence-electron chi connectivity index (χ4n) is 3.94. The Kier molecular flexibility index (Phi) is 6.00. The summed E-state index contributed by atoms with van der Waals surface area (Å²) in [6, 6.07) is 9.21. The fourth-order valence-corrected chi connectivity index (χ4v) is 3.94. The summed E-state index contributed by atoms with van der Waals surface area (Å²) in [5.41, 5.74) is 2.97. The number of fused-ring (bicyclic) bond motifs is 2. The minimum Gasteiger partial charge on any atom is -0.383 e. The van der Waals surface area contributed by atoms with E-state index < -0.39 is 0 Å². The van der Waals surface area contributed by atoms with Crippen molar-refractivity contribution in [2.45, 2.75) is 32.9 Å². The van der Waals surface area contributed by atoms with Crippen LogP contribution in [0.15, 0.2) is 36.5 Å². The van der Waals surface area contributed by atoms with Gasteiger partial charge < -0.3 is 9.64 Å². The zero-order valence-corrected chi connectivity index (χ0v) is 18.5. The van der Waals surface area contributed by atoms with Crippen molar-refractivity contribution in [3.8, 4) is 0 Å². The van der Waals surface area contributed by atoms with E-state index in [4.69, 9.17) is 15.6 Å². The SMILES string of the molecule is COCCn1ncc2cc3c(cc21)C(=O)N(c1cccc(C(=N)N(C=N)C(C)C)n1)CC3. The van der Waals surface area contributed by atoms with E-state index in [1.54, 1.807) is 30.2 Å². The second kappa shape index (κ2) is 8.88. The number of hydrogen-bond acceptors (Lipinski definition) is 6. The van der Waals surface area contributed by atoms with Crippen molar-refractivity contribution in [2.75, 3.05) is 25.2 Å². The lowest BCUT2D eigenvalue weighted by molar-refractivity contribution is 0.0980. The molecule has 3 heterocycles. The van der Waals surface area contributed by atoms with Gasteiger partial charge in [-0.2, -0.15) is 5.10 Å². The Hall–Kier alpha value is -3.59. The summed E-state index contributed by atoms with van der Waals surface area (Å²) in [5, 5.41) is 21.5. The zero-order chi connectivity index (χ0) is 22.8. The lowest BCUT2D eigenvalue weighted by Gasteiger charge is -2.29. The third-order valence-electron chi connectivity index (χ3n) is 5.66. The van der Waals surface area contributed by atoms with Crippen molar-refractivity contribution in [1.82, 2.24) is 19.7 Å². The van der Waals surface area contributed by atoms with Crippen molar-refractivity contribution in [3.63, 3.8) is 0 Å². The molecule has 2 aromatic heterocycles. The molecular weight excluding hydrogens is 406 g/mol. The van der Waals surface area contributed by atoms with Crippen molar-refractivity contribution >= 4 is 34.8 Å². The van der Waals surface area contributed by atoms with E-state index in [2.05, 4.69) is 10.1 Å². The van der Waals surface area contributed by atoms with Gasteiger partial charge in [-0.05, 0) is 50.1 Å². The number of benzene rings is 1. The molecule has 1 aromatic carbocycles. The van der Waals surface area contributed by atoms with Gasteiger partial charge in [0.25, 0.3) is 5.91 Å². The number of ether oxygens (including phenoxy) is 1. The number of carbonyl (C=O) groups excluding carboxylic acids is 1. The first kappa shape index (κ1) is 21.6. The average Bonchev–Trinajstić information content (AvgIpc) is 3.19. The van der Waals surface area contributed by atoms with Crippen LogP contribution in [-0.4, -0.2) is 64.0 Å². The second-order valence-electron chi connectivity index (χ2n) is 8.00. The summed E-state index contributed by atoms with van der Waals surface area (Å²) in [7, 11) is 1.65. The molecule has 0 fully saturated rings. The molecule has 2 N–H and O–H groups in total. The maximum Gasteiger partial charge on any atom is 0.259 e. The molecule has 1 aliphatic rings. The maximum absolute atomic E-state index is 13.4. The molecule has 3 aromatic rings. The topological polar surface area (TPSA) is 111 Å². The predicted molar refractivity (Wildman–Crippen MR) is 124 cm³/mol. The summed E-state index contributed by atoms with van der Waals surface area (Å²) in [4.78, 5) is 21.2.